The molecule has 0 bridgehead atoms. The van der Waals surface area contributed by atoms with Crippen LogP contribution in [-0.4, -0.2) is 52.4 Å². The van der Waals surface area contributed by atoms with E-state index in [1.54, 1.807) is 0 Å². The van der Waals surface area contributed by atoms with Gasteiger partial charge in [0, 0.05) is 19.8 Å². The number of alkyl halides is 3. The molecule has 0 aliphatic carbocycles. The van der Waals surface area contributed by atoms with Crippen LogP contribution in [0.2, 0.25) is 0 Å². The number of aliphatic hydroxyl groups excluding tert-OH is 1. The minimum atomic E-state index is -4.55. The van der Waals surface area contributed by atoms with Crippen molar-refractivity contribution in [3.05, 3.63) is 47.8 Å². The molecular formula is C15H16F3N3O3. The number of benzene rings is 1. The second-order valence-electron chi connectivity index (χ2n) is 5.11. The van der Waals surface area contributed by atoms with Crippen LogP contribution in [-0.2, 0) is 6.18 Å². The fraction of sp³-hybridized carbons (Fsp3) is 0.333. The highest BCUT2D eigenvalue weighted by atomic mass is 19.4. The van der Waals surface area contributed by atoms with Gasteiger partial charge in [0.2, 0.25) is 0 Å². The summed E-state index contributed by atoms with van der Waals surface area (Å²) in [4.78, 5) is 13.2. The molecule has 2 rings (SSSR count). The predicted octanol–water partition coefficient (Wildman–Crippen LogP) is 1.94. The van der Waals surface area contributed by atoms with Crippen molar-refractivity contribution in [2.24, 2.45) is 0 Å². The summed E-state index contributed by atoms with van der Waals surface area (Å²) in [5.41, 5.74) is -0.674. The molecule has 1 heterocycles. The van der Waals surface area contributed by atoms with Gasteiger partial charge in [0.25, 0.3) is 5.91 Å². The lowest BCUT2D eigenvalue weighted by Crippen LogP contribution is -2.37. The van der Waals surface area contributed by atoms with E-state index in [2.05, 4.69) is 10.2 Å². The number of nitrogens with one attached hydrogen (secondary N) is 1. The Hall–Kier alpha value is -2.55. The molecule has 1 amide bonds. The summed E-state index contributed by atoms with van der Waals surface area (Å²) in [6.07, 6.45) is -4.29. The highest BCUT2D eigenvalue weighted by molar-refractivity contribution is 5.91. The number of carbonyl (C=O) groups excluding carboxylic acids is 1. The molecule has 6 nitrogen and oxygen atoms in total. The van der Waals surface area contributed by atoms with Gasteiger partial charge >= 0.3 is 6.18 Å². The van der Waals surface area contributed by atoms with Crippen molar-refractivity contribution in [2.45, 2.75) is 12.3 Å². The topological polar surface area (TPSA) is 78.5 Å². The number of nitrogens with zero attached hydrogens (tertiary/aromatic N) is 2. The minimum Gasteiger partial charge on any atom is -0.490 e. The van der Waals surface area contributed by atoms with Gasteiger partial charge in [-0.25, -0.2) is 0 Å². The van der Waals surface area contributed by atoms with Crippen LogP contribution in [0.4, 0.5) is 13.2 Å². The molecule has 1 aromatic heterocycles. The van der Waals surface area contributed by atoms with Gasteiger partial charge < -0.3 is 14.7 Å². The van der Waals surface area contributed by atoms with Gasteiger partial charge in [-0.05, 0) is 18.2 Å². The molecule has 0 saturated carbocycles. The molecule has 0 spiro atoms. The average molecular weight is 343 g/mol. The van der Waals surface area contributed by atoms with E-state index in [0.717, 1.165) is 6.07 Å². The Kier molecular flexibility index (Phi) is 5.45. The summed E-state index contributed by atoms with van der Waals surface area (Å²) in [6.45, 7) is -0.486. The Morgan fingerprint density at radius 3 is 2.71 bits per heavy atom. The van der Waals surface area contributed by atoms with Crippen molar-refractivity contribution < 1.29 is 27.8 Å². The third-order valence-corrected chi connectivity index (χ3v) is 3.19. The lowest BCUT2D eigenvalue weighted by molar-refractivity contribution is -0.139. The smallest absolute Gasteiger partial charge is 0.419 e. The first kappa shape index (κ1) is 17.8. The monoisotopic (exact) mass is 343 g/mol. The summed E-state index contributed by atoms with van der Waals surface area (Å²) in [6, 6.07) is 6.21. The third-order valence-electron chi connectivity index (χ3n) is 3.19. The van der Waals surface area contributed by atoms with E-state index >= 15 is 0 Å². The number of ether oxygens (including phenoxy) is 1. The quantitative estimate of drug-likeness (QED) is 0.840. The number of carbonyl (C=O) groups is 1. The number of rotatable bonds is 6. The second-order valence-corrected chi connectivity index (χ2v) is 5.11. The van der Waals surface area contributed by atoms with Crippen LogP contribution in [0.15, 0.2) is 36.5 Å². The summed E-state index contributed by atoms with van der Waals surface area (Å²) in [7, 11) is 1.45. The number of hydrogen-bond donors (Lipinski definition) is 2. The Bertz CT molecular complexity index is 674. The Morgan fingerprint density at radius 2 is 2.08 bits per heavy atom. The first-order valence-corrected chi connectivity index (χ1v) is 7.01. The Morgan fingerprint density at radius 1 is 1.38 bits per heavy atom. The molecule has 0 fully saturated rings. The van der Waals surface area contributed by atoms with Gasteiger partial charge in [-0.3, -0.25) is 9.89 Å². The maximum absolute atomic E-state index is 12.8. The number of aromatic amines is 1. The Labute approximate surface area is 135 Å². The van der Waals surface area contributed by atoms with E-state index < -0.39 is 23.8 Å². The Balaban J connectivity index is 1.92. The van der Waals surface area contributed by atoms with Gasteiger partial charge in [0.15, 0.2) is 0 Å². The van der Waals surface area contributed by atoms with Crippen LogP contribution in [0.5, 0.6) is 5.75 Å². The molecule has 0 saturated heterocycles. The van der Waals surface area contributed by atoms with Crippen molar-refractivity contribution in [2.75, 3.05) is 20.2 Å². The summed E-state index contributed by atoms with van der Waals surface area (Å²) < 4.78 is 43.6. The standard InChI is InChI=1S/C15H16F3N3O3/c1-21(14(23)12-6-7-19-20-12)8-10(22)9-24-13-5-3-2-4-11(13)15(16,17)18/h2-7,10,22H,8-9H2,1H3,(H,19,20). The zero-order chi connectivity index (χ0) is 17.7. The molecule has 2 N–H and O–H groups in total. The highest BCUT2D eigenvalue weighted by Gasteiger charge is 2.34. The average Bonchev–Trinajstić information content (AvgIpc) is 3.06. The SMILES string of the molecule is CN(CC(O)COc1ccccc1C(F)(F)F)C(=O)c1ccn[nH]1. The number of para-hydroxylation sites is 1. The molecule has 0 radical (unpaired) electrons. The summed E-state index contributed by atoms with van der Waals surface area (Å²) in [5, 5.41) is 16.0. The zero-order valence-corrected chi connectivity index (χ0v) is 12.7. The highest BCUT2D eigenvalue weighted by Crippen LogP contribution is 2.35. The molecule has 0 aliphatic heterocycles. The van der Waals surface area contributed by atoms with E-state index in [9.17, 15) is 23.1 Å². The van der Waals surface area contributed by atoms with Crippen molar-refractivity contribution in [1.82, 2.24) is 15.1 Å². The van der Waals surface area contributed by atoms with E-state index in [-0.39, 0.29) is 24.6 Å². The maximum atomic E-state index is 12.8. The van der Waals surface area contributed by atoms with Crippen molar-refractivity contribution in [1.29, 1.82) is 0 Å². The molecule has 2 aromatic rings. The van der Waals surface area contributed by atoms with Crippen LogP contribution in [0.1, 0.15) is 16.1 Å². The van der Waals surface area contributed by atoms with Crippen molar-refractivity contribution in [3.8, 4) is 5.75 Å². The third kappa shape index (κ3) is 4.48. The molecular weight excluding hydrogens is 327 g/mol. The number of amides is 1. The first-order chi connectivity index (χ1) is 11.3. The molecule has 0 aliphatic rings. The van der Waals surface area contributed by atoms with E-state index in [4.69, 9.17) is 4.74 Å². The molecule has 130 valence electrons. The molecule has 1 unspecified atom stereocenters. The van der Waals surface area contributed by atoms with Gasteiger partial charge in [0.05, 0.1) is 5.56 Å². The number of hydrogen-bond acceptors (Lipinski definition) is 4. The number of aromatic nitrogens is 2. The van der Waals surface area contributed by atoms with Gasteiger partial charge in [-0.15, -0.1) is 0 Å². The molecule has 9 heteroatoms. The molecule has 1 atom stereocenters. The lowest BCUT2D eigenvalue weighted by Gasteiger charge is -2.21. The minimum absolute atomic E-state index is 0.105. The van der Waals surface area contributed by atoms with Gasteiger partial charge in [-0.1, -0.05) is 12.1 Å². The van der Waals surface area contributed by atoms with Crippen LogP contribution >= 0.6 is 0 Å². The number of likely N-dealkylation sites (N-methyl/N-ethyl adjacent to an activating group) is 1. The van der Waals surface area contributed by atoms with E-state index in [1.165, 1.54) is 42.4 Å². The normalized spacial score (nSPS) is 12.7. The molecule has 1 aromatic carbocycles. The summed E-state index contributed by atoms with van der Waals surface area (Å²) in [5.74, 6) is -0.770. The largest absolute Gasteiger partial charge is 0.490 e. The zero-order valence-electron chi connectivity index (χ0n) is 12.7. The number of H-pyrrole nitrogens is 1. The van der Waals surface area contributed by atoms with E-state index in [0.29, 0.717) is 0 Å². The fourth-order valence-corrected chi connectivity index (χ4v) is 2.05. The van der Waals surface area contributed by atoms with Gasteiger partial charge in [-0.2, -0.15) is 18.3 Å². The number of halogens is 3. The maximum Gasteiger partial charge on any atom is 0.419 e. The first-order valence-electron chi connectivity index (χ1n) is 7.01. The second kappa shape index (κ2) is 7.35. The lowest BCUT2D eigenvalue weighted by atomic mass is 10.2. The fourth-order valence-electron chi connectivity index (χ4n) is 2.05. The van der Waals surface area contributed by atoms with Crippen LogP contribution in [0.25, 0.3) is 0 Å². The van der Waals surface area contributed by atoms with Crippen LogP contribution < -0.4 is 4.74 Å². The van der Waals surface area contributed by atoms with Crippen LogP contribution in [0.3, 0.4) is 0 Å². The predicted molar refractivity (Wildman–Crippen MR) is 78.5 cm³/mol. The number of aliphatic hydroxyl groups is 1. The van der Waals surface area contributed by atoms with E-state index in [1.807, 2.05) is 0 Å². The molecule has 24 heavy (non-hydrogen) atoms. The summed E-state index contributed by atoms with van der Waals surface area (Å²) >= 11 is 0. The van der Waals surface area contributed by atoms with Crippen molar-refractivity contribution in [3.63, 3.8) is 0 Å². The van der Waals surface area contributed by atoms with Gasteiger partial charge in [0.1, 0.15) is 24.2 Å². The van der Waals surface area contributed by atoms with Crippen LogP contribution in [0, 0.1) is 0 Å². The van der Waals surface area contributed by atoms with Crippen molar-refractivity contribution >= 4 is 5.91 Å².